The lowest BCUT2D eigenvalue weighted by Crippen LogP contribution is -2.61. The van der Waals surface area contributed by atoms with E-state index in [4.69, 9.17) is 0 Å². The summed E-state index contributed by atoms with van der Waals surface area (Å²) in [6.45, 7) is 14.1. The number of nitrogens with zero attached hydrogens (tertiary/aromatic N) is 2. The van der Waals surface area contributed by atoms with E-state index in [-0.39, 0.29) is 17.5 Å². The summed E-state index contributed by atoms with van der Waals surface area (Å²) in [5.41, 5.74) is 19.9. The summed E-state index contributed by atoms with van der Waals surface area (Å²) >= 11 is 0. The SMILES string of the molecule is CC(C)(C)c1ccc(N2c3ccc(S(C)(C)C)cc3B3c4ccc(C(C)(C)C)cc4N(c4ccc5c6c(cccc46)CCC5)c4cccc2c43)c(-c2ccccc2)c1. The van der Waals surface area contributed by atoms with Crippen LogP contribution in [0.3, 0.4) is 0 Å². The average Bonchev–Trinajstić information content (AvgIpc) is 3.20. The Kier molecular flexibility index (Phi) is 8.42. The molecule has 2 nitrogen and oxygen atoms in total. The van der Waals surface area contributed by atoms with E-state index in [0.29, 0.717) is 0 Å². The van der Waals surface area contributed by atoms with Gasteiger partial charge in [-0.05, 0) is 152 Å². The van der Waals surface area contributed by atoms with Crippen LogP contribution in [0.15, 0.2) is 138 Å². The minimum atomic E-state index is -1.01. The van der Waals surface area contributed by atoms with E-state index in [1.54, 1.807) is 0 Å². The molecular weight excluding hydrogens is 719 g/mol. The fourth-order valence-electron chi connectivity index (χ4n) is 9.95. The Hall–Kier alpha value is -5.19. The Morgan fingerprint density at radius 3 is 1.83 bits per heavy atom. The van der Waals surface area contributed by atoms with Crippen LogP contribution in [0.25, 0.3) is 21.9 Å². The summed E-state index contributed by atoms with van der Waals surface area (Å²) in [4.78, 5) is 6.68. The number of anilines is 6. The molecule has 4 heteroatoms. The first-order valence-electron chi connectivity index (χ1n) is 21.1. The highest BCUT2D eigenvalue weighted by Crippen LogP contribution is 2.51. The molecule has 1 aliphatic carbocycles. The molecule has 7 aromatic rings. The van der Waals surface area contributed by atoms with Crippen LogP contribution in [0.5, 0.6) is 0 Å². The number of fused-ring (bicyclic) bond motifs is 4. The molecule has 3 aliphatic rings. The summed E-state index contributed by atoms with van der Waals surface area (Å²) in [7, 11) is -1.01. The molecule has 0 saturated heterocycles. The highest BCUT2D eigenvalue weighted by molar-refractivity contribution is 8.32. The van der Waals surface area contributed by atoms with Crippen molar-refractivity contribution in [3.63, 3.8) is 0 Å². The fourth-order valence-corrected chi connectivity index (χ4v) is 10.9. The molecule has 2 aliphatic heterocycles. The minimum absolute atomic E-state index is 0.000152. The van der Waals surface area contributed by atoms with E-state index in [1.807, 2.05) is 0 Å². The molecule has 0 amide bonds. The molecule has 7 aromatic carbocycles. The maximum atomic E-state index is 2.64. The molecule has 0 bridgehead atoms. The van der Waals surface area contributed by atoms with Crippen molar-refractivity contribution in [1.29, 1.82) is 0 Å². The van der Waals surface area contributed by atoms with Gasteiger partial charge < -0.3 is 9.80 Å². The molecule has 2 heterocycles. The summed E-state index contributed by atoms with van der Waals surface area (Å²) in [5, 5.41) is 2.82. The molecule has 58 heavy (non-hydrogen) atoms. The number of hydrogen-bond donors (Lipinski definition) is 0. The van der Waals surface area contributed by atoms with Gasteiger partial charge in [-0.1, -0.05) is 126 Å². The molecule has 0 saturated carbocycles. The van der Waals surface area contributed by atoms with Gasteiger partial charge in [-0.2, -0.15) is 0 Å². The monoisotopic (exact) mass is 774 g/mol. The zero-order chi connectivity index (χ0) is 40.3. The Morgan fingerprint density at radius 2 is 1.12 bits per heavy atom. The highest BCUT2D eigenvalue weighted by Gasteiger charge is 2.44. The van der Waals surface area contributed by atoms with Crippen LogP contribution in [0.2, 0.25) is 0 Å². The first kappa shape index (κ1) is 37.1. The van der Waals surface area contributed by atoms with Crippen LogP contribution in [-0.4, -0.2) is 25.5 Å². The second kappa shape index (κ2) is 13.2. The Bertz CT molecular complexity index is 2770. The maximum Gasteiger partial charge on any atom is 0.252 e. The number of hydrogen-bond acceptors (Lipinski definition) is 2. The number of benzene rings is 7. The Balaban J connectivity index is 1.31. The molecule has 290 valence electrons. The van der Waals surface area contributed by atoms with Gasteiger partial charge in [0.2, 0.25) is 0 Å². The number of rotatable bonds is 4. The van der Waals surface area contributed by atoms with E-state index < -0.39 is 10.0 Å². The molecule has 0 radical (unpaired) electrons. The third-order valence-electron chi connectivity index (χ3n) is 13.0. The van der Waals surface area contributed by atoms with E-state index in [9.17, 15) is 0 Å². The maximum absolute atomic E-state index is 2.64. The van der Waals surface area contributed by atoms with Crippen LogP contribution >= 0.6 is 10.0 Å². The molecule has 0 atom stereocenters. The lowest BCUT2D eigenvalue weighted by Gasteiger charge is -2.45. The predicted molar refractivity (Wildman–Crippen MR) is 256 cm³/mol. The summed E-state index contributed by atoms with van der Waals surface area (Å²) < 4.78 is 0. The summed E-state index contributed by atoms with van der Waals surface area (Å²) in [6, 6.07) is 52.0. The van der Waals surface area contributed by atoms with Gasteiger partial charge >= 0.3 is 0 Å². The molecular formula is C54H55BN2S. The Labute approximate surface area is 348 Å². The molecule has 0 N–H and O–H groups in total. The van der Waals surface area contributed by atoms with Crippen LogP contribution in [0, 0.1) is 0 Å². The molecule has 0 fully saturated rings. The van der Waals surface area contributed by atoms with Crippen molar-refractivity contribution >= 4 is 78.0 Å². The predicted octanol–water partition coefficient (Wildman–Crippen LogP) is 12.7. The van der Waals surface area contributed by atoms with Crippen molar-refractivity contribution in [3.8, 4) is 11.1 Å². The second-order valence-electron chi connectivity index (χ2n) is 19.7. The van der Waals surface area contributed by atoms with Crippen LogP contribution in [-0.2, 0) is 23.7 Å². The summed E-state index contributed by atoms with van der Waals surface area (Å²) in [5.74, 6) is 0. The van der Waals surface area contributed by atoms with Gasteiger partial charge in [0, 0.05) is 33.7 Å². The van der Waals surface area contributed by atoms with Gasteiger partial charge in [-0.3, -0.25) is 0 Å². The molecule has 0 unspecified atom stereocenters. The second-order valence-corrected chi connectivity index (χ2v) is 23.8. The van der Waals surface area contributed by atoms with Crippen molar-refractivity contribution in [2.24, 2.45) is 0 Å². The van der Waals surface area contributed by atoms with Gasteiger partial charge in [0.1, 0.15) is 0 Å². The lowest BCUT2D eigenvalue weighted by molar-refractivity contribution is 0.590. The summed E-state index contributed by atoms with van der Waals surface area (Å²) in [6.07, 6.45) is 10.8. The molecule has 0 aromatic heterocycles. The third kappa shape index (κ3) is 5.85. The van der Waals surface area contributed by atoms with Crippen molar-refractivity contribution in [2.45, 2.75) is 76.5 Å². The lowest BCUT2D eigenvalue weighted by atomic mass is 9.33. The van der Waals surface area contributed by atoms with Crippen LogP contribution in [0.4, 0.5) is 34.1 Å². The van der Waals surface area contributed by atoms with E-state index >= 15 is 0 Å². The smallest absolute Gasteiger partial charge is 0.252 e. The van der Waals surface area contributed by atoms with Gasteiger partial charge in [-0.25, -0.2) is 10.0 Å². The van der Waals surface area contributed by atoms with Gasteiger partial charge in [0.15, 0.2) is 0 Å². The highest BCUT2D eigenvalue weighted by atomic mass is 32.3. The van der Waals surface area contributed by atoms with Crippen molar-refractivity contribution in [2.75, 3.05) is 28.6 Å². The van der Waals surface area contributed by atoms with Crippen molar-refractivity contribution < 1.29 is 0 Å². The zero-order valence-corrected chi connectivity index (χ0v) is 36.5. The molecule has 10 rings (SSSR count). The Morgan fingerprint density at radius 1 is 0.500 bits per heavy atom. The van der Waals surface area contributed by atoms with E-state index in [0.717, 1.165) is 12.8 Å². The van der Waals surface area contributed by atoms with E-state index in [2.05, 4.69) is 204 Å². The first-order valence-corrected chi connectivity index (χ1v) is 24.0. The van der Waals surface area contributed by atoms with Crippen LogP contribution in [0.1, 0.15) is 70.2 Å². The van der Waals surface area contributed by atoms with Crippen molar-refractivity contribution in [3.05, 3.63) is 156 Å². The largest absolute Gasteiger partial charge is 0.311 e. The average molecular weight is 775 g/mol. The third-order valence-corrected chi connectivity index (χ3v) is 14.7. The molecule has 0 spiro atoms. The first-order chi connectivity index (χ1) is 27.7. The normalized spacial score (nSPS) is 14.9. The topological polar surface area (TPSA) is 6.48 Å². The van der Waals surface area contributed by atoms with E-state index in [1.165, 1.54) is 106 Å². The van der Waals surface area contributed by atoms with Crippen molar-refractivity contribution in [1.82, 2.24) is 0 Å². The van der Waals surface area contributed by atoms with Gasteiger partial charge in [0.25, 0.3) is 6.71 Å². The van der Waals surface area contributed by atoms with Gasteiger partial charge in [0.05, 0.1) is 11.4 Å². The zero-order valence-electron chi connectivity index (χ0n) is 35.7. The van der Waals surface area contributed by atoms with Crippen LogP contribution < -0.4 is 26.2 Å². The minimum Gasteiger partial charge on any atom is -0.311 e. The van der Waals surface area contributed by atoms with Gasteiger partial charge in [-0.15, -0.1) is 0 Å². The number of aryl methyl sites for hydroxylation is 2. The fraction of sp³-hybridized carbons (Fsp3) is 0.259. The standard InChI is InChI=1S/C54H55BN2S/c1-53(2,3)38-26-30-46(42(32-38)35-16-11-10-12-17-35)56-47-31-27-40(58(7,8)9)34-44(47)55-43-28-25-39(54(4,5)6)33-50(43)57(49-23-15-22-48(56)52(49)55)45-29-24-37-19-13-18-36-20-14-21-41(45)51(36)37/h10-12,14-17,20-34H,13,18-19H2,1-9H3. The quantitative estimate of drug-likeness (QED) is 0.164.